The molecule has 0 spiro atoms. The number of halogens is 1. The summed E-state index contributed by atoms with van der Waals surface area (Å²) in [6, 6.07) is 8.38. The highest BCUT2D eigenvalue weighted by molar-refractivity contribution is 7.80. The Morgan fingerprint density at radius 1 is 1.29 bits per heavy atom. The Hall–Kier alpha value is -2.01. The van der Waals surface area contributed by atoms with Gasteiger partial charge >= 0.3 is 0 Å². The predicted octanol–water partition coefficient (Wildman–Crippen LogP) is 3.11. The molecule has 2 N–H and O–H groups in total. The molecule has 0 aliphatic heterocycles. The standard InChI is InChI=1S/C16H18FN3S/c1-10-8-11(2)19-16(14(10)15(18)21)20(3)9-12-4-6-13(17)7-5-12/h4-8H,9H2,1-3H3,(H2,18,21). The predicted molar refractivity (Wildman–Crippen MR) is 88.1 cm³/mol. The summed E-state index contributed by atoms with van der Waals surface area (Å²) < 4.78 is 13.0. The van der Waals surface area contributed by atoms with Gasteiger partial charge in [-0.3, -0.25) is 0 Å². The van der Waals surface area contributed by atoms with E-state index in [1.165, 1.54) is 12.1 Å². The van der Waals surface area contributed by atoms with Gasteiger partial charge in [0.2, 0.25) is 0 Å². The molecule has 5 heteroatoms. The molecular weight excluding hydrogens is 285 g/mol. The first kappa shape index (κ1) is 15.4. The van der Waals surface area contributed by atoms with Gasteiger partial charge in [0.1, 0.15) is 16.6 Å². The lowest BCUT2D eigenvalue weighted by atomic mass is 10.1. The number of pyridine rings is 1. The molecule has 21 heavy (non-hydrogen) atoms. The first-order valence-corrected chi connectivity index (χ1v) is 7.03. The summed E-state index contributed by atoms with van der Waals surface area (Å²) in [5.41, 5.74) is 9.54. The highest BCUT2D eigenvalue weighted by Crippen LogP contribution is 2.23. The number of benzene rings is 1. The third-order valence-corrected chi connectivity index (χ3v) is 3.47. The maximum Gasteiger partial charge on any atom is 0.139 e. The smallest absolute Gasteiger partial charge is 0.139 e. The molecule has 0 unspecified atom stereocenters. The van der Waals surface area contributed by atoms with Crippen molar-refractivity contribution in [1.82, 2.24) is 4.98 Å². The van der Waals surface area contributed by atoms with Crippen LogP contribution >= 0.6 is 12.2 Å². The van der Waals surface area contributed by atoms with Gasteiger partial charge in [0.25, 0.3) is 0 Å². The zero-order valence-corrected chi connectivity index (χ0v) is 13.2. The molecule has 1 aromatic carbocycles. The van der Waals surface area contributed by atoms with Gasteiger partial charge in [-0.15, -0.1) is 0 Å². The zero-order valence-electron chi connectivity index (χ0n) is 12.4. The lowest BCUT2D eigenvalue weighted by Gasteiger charge is -2.23. The van der Waals surface area contributed by atoms with Crippen molar-refractivity contribution in [3.63, 3.8) is 0 Å². The minimum atomic E-state index is -0.241. The van der Waals surface area contributed by atoms with E-state index in [0.29, 0.717) is 11.5 Å². The van der Waals surface area contributed by atoms with E-state index in [4.69, 9.17) is 18.0 Å². The summed E-state index contributed by atoms with van der Waals surface area (Å²) in [6.45, 7) is 4.51. The fourth-order valence-corrected chi connectivity index (χ4v) is 2.59. The molecule has 0 aliphatic rings. The highest BCUT2D eigenvalue weighted by Gasteiger charge is 2.15. The van der Waals surface area contributed by atoms with Crippen molar-refractivity contribution in [2.24, 2.45) is 5.73 Å². The summed E-state index contributed by atoms with van der Waals surface area (Å²) in [5.74, 6) is 0.513. The van der Waals surface area contributed by atoms with E-state index in [0.717, 1.165) is 28.2 Å². The number of hydrogen-bond donors (Lipinski definition) is 1. The Bertz CT molecular complexity index is 668. The fourth-order valence-electron chi connectivity index (χ4n) is 2.34. The van der Waals surface area contributed by atoms with Gasteiger partial charge in [-0.2, -0.15) is 0 Å². The number of hydrogen-bond acceptors (Lipinski definition) is 3. The lowest BCUT2D eigenvalue weighted by molar-refractivity contribution is 0.627. The van der Waals surface area contributed by atoms with Crippen molar-refractivity contribution in [2.75, 3.05) is 11.9 Å². The minimum absolute atomic E-state index is 0.241. The van der Waals surface area contributed by atoms with Crippen molar-refractivity contribution in [3.05, 3.63) is 58.5 Å². The molecule has 2 rings (SSSR count). The van der Waals surface area contributed by atoms with Crippen LogP contribution in [0.25, 0.3) is 0 Å². The van der Waals surface area contributed by atoms with E-state index < -0.39 is 0 Å². The Balaban J connectivity index is 2.36. The van der Waals surface area contributed by atoms with Crippen LogP contribution in [0.5, 0.6) is 0 Å². The molecule has 0 fully saturated rings. The largest absolute Gasteiger partial charge is 0.389 e. The first-order chi connectivity index (χ1) is 9.88. The van der Waals surface area contributed by atoms with Gasteiger partial charge in [-0.25, -0.2) is 9.37 Å². The number of rotatable bonds is 4. The van der Waals surface area contributed by atoms with E-state index in [1.807, 2.05) is 31.9 Å². The normalized spacial score (nSPS) is 10.5. The van der Waals surface area contributed by atoms with Crippen molar-refractivity contribution < 1.29 is 4.39 Å². The second-order valence-corrected chi connectivity index (χ2v) is 5.57. The van der Waals surface area contributed by atoms with Crippen LogP contribution in [-0.4, -0.2) is 17.0 Å². The van der Waals surface area contributed by atoms with Crippen LogP contribution in [0.15, 0.2) is 30.3 Å². The monoisotopic (exact) mass is 303 g/mol. The quantitative estimate of drug-likeness (QED) is 0.881. The summed E-state index contributed by atoms with van der Waals surface area (Å²) in [6.07, 6.45) is 0. The van der Waals surface area contributed by atoms with Gasteiger partial charge in [0.15, 0.2) is 0 Å². The molecule has 0 amide bonds. The molecule has 0 bridgehead atoms. The van der Waals surface area contributed by atoms with Crippen LogP contribution in [0, 0.1) is 19.7 Å². The average molecular weight is 303 g/mol. The molecule has 3 nitrogen and oxygen atoms in total. The van der Waals surface area contributed by atoms with E-state index in [-0.39, 0.29) is 5.82 Å². The molecule has 0 atom stereocenters. The third-order valence-electron chi connectivity index (χ3n) is 3.27. The van der Waals surface area contributed by atoms with E-state index >= 15 is 0 Å². The fraction of sp³-hybridized carbons (Fsp3) is 0.250. The van der Waals surface area contributed by atoms with E-state index in [2.05, 4.69) is 4.98 Å². The van der Waals surface area contributed by atoms with E-state index in [9.17, 15) is 4.39 Å². The average Bonchev–Trinajstić information content (AvgIpc) is 2.39. The SMILES string of the molecule is Cc1cc(C)c(C(N)=S)c(N(C)Cc2ccc(F)cc2)n1. The number of aromatic nitrogens is 1. The van der Waals surface area contributed by atoms with Crippen LogP contribution in [0.2, 0.25) is 0 Å². The number of nitrogens with two attached hydrogens (primary N) is 1. The second kappa shape index (κ2) is 6.18. The van der Waals surface area contributed by atoms with Gasteiger partial charge in [0, 0.05) is 19.3 Å². The molecular formula is C16H18FN3S. The Morgan fingerprint density at radius 2 is 1.90 bits per heavy atom. The summed E-state index contributed by atoms with van der Waals surface area (Å²) in [4.78, 5) is 6.86. The topological polar surface area (TPSA) is 42.1 Å². The maximum absolute atomic E-state index is 13.0. The van der Waals surface area contributed by atoms with Crippen LogP contribution in [0.3, 0.4) is 0 Å². The molecule has 1 aromatic heterocycles. The van der Waals surface area contributed by atoms with Crippen LogP contribution in [0.4, 0.5) is 10.2 Å². The summed E-state index contributed by atoms with van der Waals surface area (Å²) in [5, 5.41) is 0. The molecule has 0 aliphatic carbocycles. The first-order valence-electron chi connectivity index (χ1n) is 6.62. The molecule has 0 saturated carbocycles. The number of aryl methyl sites for hydroxylation is 2. The molecule has 1 heterocycles. The van der Waals surface area contributed by atoms with Crippen molar-refractivity contribution in [2.45, 2.75) is 20.4 Å². The molecule has 0 radical (unpaired) electrons. The Labute approximate surface area is 129 Å². The summed E-state index contributed by atoms with van der Waals surface area (Å²) in [7, 11) is 1.92. The van der Waals surface area contributed by atoms with Gasteiger partial charge < -0.3 is 10.6 Å². The Morgan fingerprint density at radius 3 is 2.48 bits per heavy atom. The zero-order chi connectivity index (χ0) is 15.6. The van der Waals surface area contributed by atoms with E-state index in [1.54, 1.807) is 12.1 Å². The highest BCUT2D eigenvalue weighted by atomic mass is 32.1. The molecule has 0 saturated heterocycles. The van der Waals surface area contributed by atoms with Gasteiger partial charge in [0.05, 0.1) is 5.56 Å². The van der Waals surface area contributed by atoms with Crippen LogP contribution in [-0.2, 0) is 6.54 Å². The van der Waals surface area contributed by atoms with Crippen molar-refractivity contribution in [1.29, 1.82) is 0 Å². The summed E-state index contributed by atoms with van der Waals surface area (Å²) >= 11 is 5.14. The van der Waals surface area contributed by atoms with Gasteiger partial charge in [-0.1, -0.05) is 24.4 Å². The molecule has 110 valence electrons. The van der Waals surface area contributed by atoms with Gasteiger partial charge in [-0.05, 0) is 43.2 Å². The second-order valence-electron chi connectivity index (χ2n) is 5.13. The third kappa shape index (κ3) is 3.55. The number of anilines is 1. The van der Waals surface area contributed by atoms with Crippen LogP contribution < -0.4 is 10.6 Å². The lowest BCUT2D eigenvalue weighted by Crippen LogP contribution is -2.24. The van der Waals surface area contributed by atoms with Crippen molar-refractivity contribution >= 4 is 23.0 Å². The number of nitrogens with zero attached hydrogens (tertiary/aromatic N) is 2. The van der Waals surface area contributed by atoms with Crippen LogP contribution in [0.1, 0.15) is 22.4 Å². The molecule has 2 aromatic rings. The Kier molecular flexibility index (Phi) is 4.53. The minimum Gasteiger partial charge on any atom is -0.389 e. The number of thiocarbonyl (C=S) groups is 1. The maximum atomic E-state index is 13.0. The van der Waals surface area contributed by atoms with Crippen molar-refractivity contribution in [3.8, 4) is 0 Å².